The molecule has 2 rings (SSSR count). The average molecular weight is 289 g/mol. The van der Waals surface area contributed by atoms with Gasteiger partial charge in [-0.05, 0) is 43.9 Å². The van der Waals surface area contributed by atoms with E-state index >= 15 is 0 Å². The number of carbonyl (C=O) groups is 2. The van der Waals surface area contributed by atoms with Crippen LogP contribution in [-0.2, 0) is 4.79 Å². The third kappa shape index (κ3) is 4.56. The second-order valence-electron chi connectivity index (χ2n) is 5.57. The molecule has 114 valence electrons. The second-order valence-corrected chi connectivity index (χ2v) is 5.57. The highest BCUT2D eigenvalue weighted by atomic mass is 16.2. The van der Waals surface area contributed by atoms with Crippen molar-refractivity contribution in [3.63, 3.8) is 0 Å². The van der Waals surface area contributed by atoms with Crippen LogP contribution in [0.3, 0.4) is 0 Å². The summed E-state index contributed by atoms with van der Waals surface area (Å²) in [5.74, 6) is -0.156. The number of hydrogen-bond acceptors (Lipinski definition) is 3. The molecule has 2 amide bonds. The van der Waals surface area contributed by atoms with Crippen molar-refractivity contribution in [1.82, 2.24) is 5.32 Å². The van der Waals surface area contributed by atoms with Crippen LogP contribution < -0.4 is 16.4 Å². The maximum atomic E-state index is 12.2. The van der Waals surface area contributed by atoms with Gasteiger partial charge in [-0.15, -0.1) is 0 Å². The van der Waals surface area contributed by atoms with Gasteiger partial charge in [0.05, 0.1) is 0 Å². The summed E-state index contributed by atoms with van der Waals surface area (Å²) in [6.45, 7) is 1.79. The van der Waals surface area contributed by atoms with E-state index in [2.05, 4.69) is 10.6 Å². The van der Waals surface area contributed by atoms with E-state index in [1.807, 2.05) is 0 Å². The Labute approximate surface area is 125 Å². The molecule has 0 saturated heterocycles. The van der Waals surface area contributed by atoms with Crippen LogP contribution in [0.4, 0.5) is 5.69 Å². The van der Waals surface area contributed by atoms with Crippen molar-refractivity contribution in [3.8, 4) is 0 Å². The number of benzene rings is 1. The molecule has 0 radical (unpaired) electrons. The van der Waals surface area contributed by atoms with E-state index in [0.717, 1.165) is 25.7 Å². The Morgan fingerprint density at radius 2 is 1.95 bits per heavy atom. The van der Waals surface area contributed by atoms with Crippen molar-refractivity contribution >= 4 is 17.5 Å². The Balaban J connectivity index is 1.95. The first-order valence-electron chi connectivity index (χ1n) is 7.55. The standard InChI is InChI=1S/C16H23N3O2/c1-2-15(20)18-14-5-3-4-11(10-14)16(21)19-13-8-6-12(17)7-9-13/h3-5,10,12-13H,2,6-9,17H2,1H3,(H,18,20)(H,19,21). The lowest BCUT2D eigenvalue weighted by atomic mass is 9.91. The summed E-state index contributed by atoms with van der Waals surface area (Å²) in [6.07, 6.45) is 4.19. The van der Waals surface area contributed by atoms with E-state index in [4.69, 9.17) is 5.73 Å². The number of hydrogen-bond donors (Lipinski definition) is 3. The van der Waals surface area contributed by atoms with E-state index in [0.29, 0.717) is 17.7 Å². The number of rotatable bonds is 4. The van der Waals surface area contributed by atoms with Crippen molar-refractivity contribution in [3.05, 3.63) is 29.8 Å². The minimum absolute atomic E-state index is 0.0613. The Kier molecular flexibility index (Phi) is 5.33. The smallest absolute Gasteiger partial charge is 0.251 e. The third-order valence-electron chi connectivity index (χ3n) is 3.84. The molecule has 0 atom stereocenters. The first kappa shape index (κ1) is 15.5. The number of nitrogens with one attached hydrogen (secondary N) is 2. The summed E-state index contributed by atoms with van der Waals surface area (Å²) in [5, 5.41) is 5.80. The van der Waals surface area contributed by atoms with Crippen LogP contribution in [0.1, 0.15) is 49.4 Å². The molecular formula is C16H23N3O2. The van der Waals surface area contributed by atoms with Gasteiger partial charge in [0, 0.05) is 29.8 Å². The molecule has 4 N–H and O–H groups in total. The number of anilines is 1. The van der Waals surface area contributed by atoms with Gasteiger partial charge in [-0.25, -0.2) is 0 Å². The lowest BCUT2D eigenvalue weighted by molar-refractivity contribution is -0.115. The molecule has 1 aromatic rings. The van der Waals surface area contributed by atoms with Crippen LogP contribution in [-0.4, -0.2) is 23.9 Å². The second kappa shape index (κ2) is 7.22. The molecule has 0 spiro atoms. The van der Waals surface area contributed by atoms with Crippen molar-refractivity contribution in [2.24, 2.45) is 5.73 Å². The minimum atomic E-state index is -0.0944. The normalized spacial score (nSPS) is 21.6. The van der Waals surface area contributed by atoms with Gasteiger partial charge in [-0.1, -0.05) is 13.0 Å². The molecule has 0 aliphatic heterocycles. The summed E-state index contributed by atoms with van der Waals surface area (Å²) in [5.41, 5.74) is 7.09. The van der Waals surface area contributed by atoms with Gasteiger partial charge in [-0.3, -0.25) is 9.59 Å². The summed E-state index contributed by atoms with van der Waals surface area (Å²) >= 11 is 0. The molecule has 1 aliphatic rings. The van der Waals surface area contributed by atoms with Crippen LogP contribution in [0.5, 0.6) is 0 Å². The topological polar surface area (TPSA) is 84.2 Å². The number of nitrogens with two attached hydrogens (primary N) is 1. The Morgan fingerprint density at radius 3 is 2.62 bits per heavy atom. The highest BCUT2D eigenvalue weighted by molar-refractivity contribution is 5.97. The fraction of sp³-hybridized carbons (Fsp3) is 0.500. The van der Waals surface area contributed by atoms with E-state index in [9.17, 15) is 9.59 Å². The molecule has 5 nitrogen and oxygen atoms in total. The monoisotopic (exact) mass is 289 g/mol. The summed E-state index contributed by atoms with van der Waals surface area (Å²) in [4.78, 5) is 23.6. The third-order valence-corrected chi connectivity index (χ3v) is 3.84. The van der Waals surface area contributed by atoms with Crippen LogP contribution >= 0.6 is 0 Å². The molecule has 5 heteroatoms. The number of carbonyl (C=O) groups excluding carboxylic acids is 2. The summed E-state index contributed by atoms with van der Waals surface area (Å²) in [7, 11) is 0. The molecule has 0 aromatic heterocycles. The van der Waals surface area contributed by atoms with Gasteiger partial charge < -0.3 is 16.4 Å². The predicted molar refractivity (Wildman–Crippen MR) is 83.1 cm³/mol. The van der Waals surface area contributed by atoms with Gasteiger partial charge in [0.15, 0.2) is 0 Å². The SMILES string of the molecule is CCC(=O)Nc1cccc(C(=O)NC2CCC(N)CC2)c1. The van der Waals surface area contributed by atoms with Gasteiger partial charge in [0.2, 0.25) is 5.91 Å². The van der Waals surface area contributed by atoms with E-state index in [1.165, 1.54) is 0 Å². The van der Waals surface area contributed by atoms with Crippen molar-refractivity contribution < 1.29 is 9.59 Å². The Hall–Kier alpha value is -1.88. The van der Waals surface area contributed by atoms with Crippen LogP contribution in [0, 0.1) is 0 Å². The van der Waals surface area contributed by atoms with Crippen molar-refractivity contribution in [2.45, 2.75) is 51.1 Å². The highest BCUT2D eigenvalue weighted by Crippen LogP contribution is 2.18. The molecule has 21 heavy (non-hydrogen) atoms. The zero-order valence-electron chi connectivity index (χ0n) is 12.4. The average Bonchev–Trinajstić information content (AvgIpc) is 2.49. The summed E-state index contributed by atoms with van der Waals surface area (Å²) < 4.78 is 0. The Bertz CT molecular complexity index is 508. The van der Waals surface area contributed by atoms with Gasteiger partial charge in [0.1, 0.15) is 0 Å². The van der Waals surface area contributed by atoms with E-state index < -0.39 is 0 Å². The molecule has 0 bridgehead atoms. The maximum Gasteiger partial charge on any atom is 0.251 e. The lowest BCUT2D eigenvalue weighted by Gasteiger charge is -2.26. The fourth-order valence-electron chi connectivity index (χ4n) is 2.52. The van der Waals surface area contributed by atoms with Crippen molar-refractivity contribution in [2.75, 3.05) is 5.32 Å². The first-order valence-corrected chi connectivity index (χ1v) is 7.55. The van der Waals surface area contributed by atoms with Crippen LogP contribution in [0.2, 0.25) is 0 Å². The molecule has 1 aromatic carbocycles. The largest absolute Gasteiger partial charge is 0.349 e. The van der Waals surface area contributed by atoms with Crippen molar-refractivity contribution in [1.29, 1.82) is 0 Å². The van der Waals surface area contributed by atoms with Gasteiger partial charge in [0.25, 0.3) is 5.91 Å². The number of amides is 2. The highest BCUT2D eigenvalue weighted by Gasteiger charge is 2.20. The van der Waals surface area contributed by atoms with E-state index in [1.54, 1.807) is 31.2 Å². The molecular weight excluding hydrogens is 266 g/mol. The van der Waals surface area contributed by atoms with Gasteiger partial charge in [-0.2, -0.15) is 0 Å². The maximum absolute atomic E-state index is 12.2. The zero-order valence-corrected chi connectivity index (χ0v) is 12.4. The molecule has 1 saturated carbocycles. The molecule has 0 unspecified atom stereocenters. The molecule has 0 heterocycles. The zero-order chi connectivity index (χ0) is 15.2. The van der Waals surface area contributed by atoms with Crippen LogP contribution in [0.15, 0.2) is 24.3 Å². The molecule has 1 aliphatic carbocycles. The first-order chi connectivity index (χ1) is 10.1. The Morgan fingerprint density at radius 1 is 1.24 bits per heavy atom. The summed E-state index contributed by atoms with van der Waals surface area (Å²) in [6, 6.07) is 7.49. The van der Waals surface area contributed by atoms with Gasteiger partial charge >= 0.3 is 0 Å². The van der Waals surface area contributed by atoms with E-state index in [-0.39, 0.29) is 23.9 Å². The predicted octanol–water partition coefficient (Wildman–Crippen LogP) is 2.03. The minimum Gasteiger partial charge on any atom is -0.349 e. The fourth-order valence-corrected chi connectivity index (χ4v) is 2.52. The lowest BCUT2D eigenvalue weighted by Crippen LogP contribution is -2.40. The van der Waals surface area contributed by atoms with Crippen LogP contribution in [0.25, 0.3) is 0 Å². The quantitative estimate of drug-likeness (QED) is 0.793. The molecule has 1 fully saturated rings.